The summed E-state index contributed by atoms with van der Waals surface area (Å²) in [7, 11) is 0. The number of anilines is 12. The molecular formula is C112H80F8N4. The van der Waals surface area contributed by atoms with E-state index in [1.54, 1.807) is 0 Å². The normalized spacial score (nSPS) is 11.5. The fourth-order valence-corrected chi connectivity index (χ4v) is 18.5. The molecule has 0 aromatic heterocycles. The highest BCUT2D eigenvalue weighted by molar-refractivity contribution is 6.30. The van der Waals surface area contributed by atoms with Gasteiger partial charge in [-0.3, -0.25) is 0 Å². The van der Waals surface area contributed by atoms with Crippen LogP contribution < -0.4 is 19.6 Å². The van der Waals surface area contributed by atoms with E-state index in [0.29, 0.717) is 78.9 Å². The zero-order chi connectivity index (χ0) is 85.6. The number of nitrogens with zero attached hydrogens (tertiary/aromatic N) is 4. The van der Waals surface area contributed by atoms with E-state index < -0.39 is 46.5 Å². The molecule has 0 saturated carbocycles. The van der Waals surface area contributed by atoms with Crippen molar-refractivity contribution in [2.75, 3.05) is 19.6 Å². The third-order valence-electron chi connectivity index (χ3n) is 24.4. The molecule has 0 aliphatic heterocycles. The molecule has 0 saturated heterocycles. The van der Waals surface area contributed by atoms with Gasteiger partial charge in [-0.25, -0.2) is 35.1 Å². The van der Waals surface area contributed by atoms with Crippen LogP contribution in [0.1, 0.15) is 44.5 Å². The first-order valence-electron chi connectivity index (χ1n) is 41.2. The summed E-state index contributed by atoms with van der Waals surface area (Å²) in [4.78, 5) is 7.55. The molecule has 0 unspecified atom stereocenters. The average molecular weight is 1630 g/mol. The molecule has 0 atom stereocenters. The molecule has 20 aromatic carbocycles. The van der Waals surface area contributed by atoms with Crippen LogP contribution in [-0.2, 0) is 0 Å². The van der Waals surface area contributed by atoms with Crippen LogP contribution in [0.2, 0.25) is 0 Å². The van der Waals surface area contributed by atoms with Crippen molar-refractivity contribution in [1.82, 2.24) is 0 Å². The van der Waals surface area contributed by atoms with E-state index in [-0.39, 0.29) is 22.7 Å². The van der Waals surface area contributed by atoms with Crippen LogP contribution in [0, 0.1) is 102 Å². The van der Waals surface area contributed by atoms with Gasteiger partial charge in [0.05, 0.1) is 45.5 Å². The predicted molar refractivity (Wildman–Crippen MR) is 498 cm³/mol. The molecule has 20 rings (SSSR count). The Bertz CT molecular complexity index is 7100. The van der Waals surface area contributed by atoms with Gasteiger partial charge in [0.25, 0.3) is 0 Å². The van der Waals surface area contributed by atoms with Crippen LogP contribution in [0.5, 0.6) is 0 Å². The Balaban J connectivity index is 0.000000163. The third-order valence-corrected chi connectivity index (χ3v) is 24.4. The minimum absolute atomic E-state index is 0.220. The first-order valence-corrected chi connectivity index (χ1v) is 41.2. The quantitative estimate of drug-likeness (QED) is 0.0706. The Morgan fingerprint density at radius 2 is 0.419 bits per heavy atom. The molecule has 0 aliphatic carbocycles. The fourth-order valence-electron chi connectivity index (χ4n) is 18.5. The summed E-state index contributed by atoms with van der Waals surface area (Å²) >= 11 is 0. The van der Waals surface area contributed by atoms with Crippen LogP contribution >= 0.6 is 0 Å². The van der Waals surface area contributed by atoms with Crippen molar-refractivity contribution in [2.24, 2.45) is 0 Å². The molecule has 20 aromatic rings. The summed E-state index contributed by atoms with van der Waals surface area (Å²) in [6, 6.07) is 104. The minimum atomic E-state index is -0.700. The van der Waals surface area contributed by atoms with Crippen LogP contribution in [0.4, 0.5) is 103 Å². The molecule has 0 fully saturated rings. The molecule has 4 nitrogen and oxygen atoms in total. The van der Waals surface area contributed by atoms with Gasteiger partial charge in [-0.2, -0.15) is 0 Å². The first-order chi connectivity index (χ1) is 60.1. The summed E-state index contributed by atoms with van der Waals surface area (Å²) in [5.74, 6) is -5.46. The lowest BCUT2D eigenvalue weighted by Crippen LogP contribution is -2.15. The Labute approximate surface area is 714 Å². The summed E-state index contributed by atoms with van der Waals surface area (Å²) in [5, 5.41) is 10.9. The second-order valence-electron chi connectivity index (χ2n) is 32.1. The van der Waals surface area contributed by atoms with Gasteiger partial charge in [-0.15, -0.1) is 0 Å². The maximum Gasteiger partial charge on any atom is 0.150 e. The van der Waals surface area contributed by atoms with Gasteiger partial charge in [-0.1, -0.05) is 218 Å². The molecule has 0 aliphatic rings. The number of rotatable bonds is 16. The molecule has 0 N–H and O–H groups in total. The maximum atomic E-state index is 16.9. The van der Waals surface area contributed by atoms with Crippen LogP contribution in [0.15, 0.2) is 340 Å². The largest absolute Gasteiger partial charge is 0.307 e. The van der Waals surface area contributed by atoms with E-state index in [1.165, 1.54) is 24.3 Å². The fraction of sp³-hybridized carbons (Fsp3) is 0.0714. The zero-order valence-electron chi connectivity index (χ0n) is 69.1. The number of halogens is 8. The van der Waals surface area contributed by atoms with Crippen LogP contribution in [0.3, 0.4) is 0 Å². The average Bonchev–Trinajstić information content (AvgIpc) is 0.717. The van der Waals surface area contributed by atoms with Crippen molar-refractivity contribution in [3.63, 3.8) is 0 Å². The highest BCUT2D eigenvalue weighted by Crippen LogP contribution is 2.56. The van der Waals surface area contributed by atoms with Crippen molar-refractivity contribution < 1.29 is 35.1 Å². The number of benzene rings is 20. The lowest BCUT2D eigenvalue weighted by atomic mass is 9.90. The molecule has 12 heteroatoms. The number of aryl methyl sites for hydroxylation is 8. The van der Waals surface area contributed by atoms with Gasteiger partial charge in [0.1, 0.15) is 23.3 Å². The van der Waals surface area contributed by atoms with E-state index in [2.05, 4.69) is 48.5 Å². The first kappa shape index (κ1) is 78.9. The number of para-hydroxylation sites is 4. The summed E-state index contributed by atoms with van der Waals surface area (Å²) in [6.07, 6.45) is 0. The van der Waals surface area contributed by atoms with Gasteiger partial charge in [0.15, 0.2) is 23.3 Å². The Hall–Kier alpha value is -14.9. The SMILES string of the molecule is Cc1ccc(-c2cc(F)cc(F)c2N(c2ccccc2)c2ccc3ccc4c(N(c5ccccc5)c5c(F)cc(F)cc5-c5ccc(C)c(C)c5)ccc5ccc2c3c54)cc1C.Cc1cccc(C)c1-c1cc(F)cc(F)c1N(c1ccccc1)c1ccc2ccc3c(N(c4ccccc4)c4c(F)cc(F)cc4-c4c(C)cccc4C)ccc4ccc1c2c43. The Morgan fingerprint density at radius 1 is 0.185 bits per heavy atom. The summed E-state index contributed by atoms with van der Waals surface area (Å²) < 4.78 is 129. The van der Waals surface area contributed by atoms with Gasteiger partial charge in [0, 0.05) is 90.8 Å². The molecule has 0 spiro atoms. The minimum Gasteiger partial charge on any atom is -0.307 e. The van der Waals surface area contributed by atoms with Crippen molar-refractivity contribution >= 4 is 133 Å². The van der Waals surface area contributed by atoms with Crippen LogP contribution in [0.25, 0.3) is 109 Å². The van der Waals surface area contributed by atoms with E-state index in [9.17, 15) is 0 Å². The van der Waals surface area contributed by atoms with Crippen molar-refractivity contribution in [2.45, 2.75) is 55.4 Å². The standard InChI is InChI=1S/2C56H40F4N2/c1-33-13-11-14-34(2)51(33)45-29-39(57)31-47(59)55(45)61(41-17-7-5-8-18-41)49-27-23-37-22-26-44-50(28-24-38-21-25-43(49)53(37)54(38)44)62(42-19-9-6-10-20-42)56-46(30-40(58)32-48(56)60)52-35(3)15-12-16-36(52)4;1-33-15-17-39(27-35(33)3)47-29-41(57)31-49(59)55(47)61(43-11-7-5-8-12-43)51-25-21-37-20-24-46-52(26-22-38-19-23-45(51)53(37)54(38)46)62(44-13-9-6-10-14-44)56-48(30-42(58)32-50(56)60)40-18-16-34(2)36(4)28-40/h2*5-32H,1-4H3. The molecule has 0 amide bonds. The van der Waals surface area contributed by atoms with Crippen molar-refractivity contribution in [1.29, 1.82) is 0 Å². The third kappa shape index (κ3) is 13.9. The van der Waals surface area contributed by atoms with Crippen LogP contribution in [-0.4, -0.2) is 0 Å². The Kier molecular flexibility index (Phi) is 20.3. The second kappa shape index (κ2) is 31.9. The highest BCUT2D eigenvalue weighted by Gasteiger charge is 2.33. The predicted octanol–water partition coefficient (Wildman–Crippen LogP) is 33.3. The van der Waals surface area contributed by atoms with E-state index in [1.807, 2.05) is 318 Å². The molecule has 124 heavy (non-hydrogen) atoms. The molecule has 0 radical (unpaired) electrons. The lowest BCUT2D eigenvalue weighted by molar-refractivity contribution is 0.584. The summed E-state index contributed by atoms with van der Waals surface area (Å²) in [6.45, 7) is 15.8. The Morgan fingerprint density at radius 3 is 0.669 bits per heavy atom. The van der Waals surface area contributed by atoms with Crippen molar-refractivity contribution in [3.05, 3.63) is 431 Å². The van der Waals surface area contributed by atoms with Gasteiger partial charge < -0.3 is 19.6 Å². The second-order valence-corrected chi connectivity index (χ2v) is 32.1. The molecule has 604 valence electrons. The number of hydrogen-bond acceptors (Lipinski definition) is 4. The maximum absolute atomic E-state index is 16.9. The van der Waals surface area contributed by atoms with Gasteiger partial charge in [-0.05, 0) is 262 Å². The van der Waals surface area contributed by atoms with Gasteiger partial charge in [0.2, 0.25) is 0 Å². The smallest absolute Gasteiger partial charge is 0.150 e. The summed E-state index contributed by atoms with van der Waals surface area (Å²) in [5.41, 5.74) is 18.8. The van der Waals surface area contributed by atoms with E-state index in [4.69, 9.17) is 0 Å². The molecule has 0 heterocycles. The monoisotopic (exact) mass is 1630 g/mol. The van der Waals surface area contributed by atoms with Crippen molar-refractivity contribution in [3.8, 4) is 44.5 Å². The topological polar surface area (TPSA) is 13.0 Å². The highest BCUT2D eigenvalue weighted by atomic mass is 19.2. The lowest BCUT2D eigenvalue weighted by Gasteiger charge is -2.31. The number of hydrogen-bond donors (Lipinski definition) is 0. The molecular weight excluding hydrogens is 1550 g/mol. The molecule has 0 bridgehead atoms. The van der Waals surface area contributed by atoms with Gasteiger partial charge >= 0.3 is 0 Å². The zero-order valence-corrected chi connectivity index (χ0v) is 69.1. The van der Waals surface area contributed by atoms with E-state index >= 15 is 35.1 Å². The van der Waals surface area contributed by atoms with E-state index in [0.717, 1.165) is 145 Å².